The van der Waals surface area contributed by atoms with Gasteiger partial charge in [0.15, 0.2) is 0 Å². The molecule has 0 saturated carbocycles. The molecule has 1 aliphatic carbocycles. The fourth-order valence-corrected chi connectivity index (χ4v) is 6.41. The third kappa shape index (κ3) is 5.95. The van der Waals surface area contributed by atoms with Crippen molar-refractivity contribution in [2.24, 2.45) is 17.8 Å². The lowest BCUT2D eigenvalue weighted by Gasteiger charge is -2.31. The largest absolute Gasteiger partial charge is 0.508 e. The van der Waals surface area contributed by atoms with E-state index in [1.54, 1.807) is 24.3 Å². The van der Waals surface area contributed by atoms with Crippen LogP contribution < -0.4 is 4.90 Å². The zero-order valence-corrected chi connectivity index (χ0v) is 23.0. The van der Waals surface area contributed by atoms with Gasteiger partial charge in [-0.3, -0.25) is 9.59 Å². The molecular formula is C31H29F6NO5. The van der Waals surface area contributed by atoms with E-state index >= 15 is 0 Å². The van der Waals surface area contributed by atoms with Crippen LogP contribution in [-0.2, 0) is 26.7 Å². The van der Waals surface area contributed by atoms with Crippen molar-refractivity contribution in [1.82, 2.24) is 0 Å². The van der Waals surface area contributed by atoms with Crippen LogP contribution >= 0.6 is 0 Å². The molecule has 0 radical (unpaired) electrons. The molecule has 0 spiro atoms. The van der Waals surface area contributed by atoms with Crippen molar-refractivity contribution in [3.8, 4) is 5.75 Å². The summed E-state index contributed by atoms with van der Waals surface area (Å²) in [4.78, 5) is 27.5. The summed E-state index contributed by atoms with van der Waals surface area (Å²) < 4.78 is 87.1. The van der Waals surface area contributed by atoms with Crippen LogP contribution in [0.3, 0.4) is 0 Å². The van der Waals surface area contributed by atoms with Gasteiger partial charge in [-0.1, -0.05) is 30.7 Å². The minimum Gasteiger partial charge on any atom is -0.508 e. The summed E-state index contributed by atoms with van der Waals surface area (Å²) in [5.41, 5.74) is -0.891. The maximum Gasteiger partial charge on any atom is 0.416 e. The second kappa shape index (κ2) is 11.5. The van der Waals surface area contributed by atoms with E-state index < -0.39 is 71.4 Å². The Morgan fingerprint density at radius 1 is 0.977 bits per heavy atom. The van der Waals surface area contributed by atoms with Gasteiger partial charge in [0.2, 0.25) is 11.8 Å². The van der Waals surface area contributed by atoms with Gasteiger partial charge in [0, 0.05) is 5.92 Å². The first-order valence-corrected chi connectivity index (χ1v) is 13.8. The fraction of sp³-hybridized carbons (Fsp3) is 0.419. The van der Waals surface area contributed by atoms with Crippen LogP contribution in [0.5, 0.6) is 5.75 Å². The number of amides is 2. The second-order valence-electron chi connectivity index (χ2n) is 11.0. The number of hydrogen-bond donors (Lipinski definition) is 2. The summed E-state index contributed by atoms with van der Waals surface area (Å²) in [5.74, 6) is -4.37. The van der Waals surface area contributed by atoms with E-state index in [0.29, 0.717) is 41.0 Å². The summed E-state index contributed by atoms with van der Waals surface area (Å²) in [5, 5.41) is 19.7. The van der Waals surface area contributed by atoms with Crippen molar-refractivity contribution in [2.75, 3.05) is 18.1 Å². The molecule has 43 heavy (non-hydrogen) atoms. The van der Waals surface area contributed by atoms with Gasteiger partial charge in [-0.2, -0.15) is 26.3 Å². The molecule has 230 valence electrons. The molecular weight excluding hydrogens is 580 g/mol. The number of imide groups is 1. The van der Waals surface area contributed by atoms with Gasteiger partial charge < -0.3 is 14.9 Å². The topological polar surface area (TPSA) is 87.1 Å². The van der Waals surface area contributed by atoms with E-state index in [-0.39, 0.29) is 24.8 Å². The Balaban J connectivity index is 1.42. The first-order valence-electron chi connectivity index (χ1n) is 13.8. The van der Waals surface area contributed by atoms with Crippen LogP contribution in [0, 0.1) is 17.8 Å². The third-order valence-corrected chi connectivity index (χ3v) is 8.48. The quantitative estimate of drug-likeness (QED) is 0.212. The number of allylic oxidation sites excluding steroid dienone is 1. The van der Waals surface area contributed by atoms with Crippen LogP contribution in [0.4, 0.5) is 32.0 Å². The fourth-order valence-electron chi connectivity index (χ4n) is 6.41. The molecule has 0 bridgehead atoms. The number of nitrogens with zero attached hydrogens (tertiary/aromatic N) is 1. The number of carbonyl (C=O) groups is 2. The van der Waals surface area contributed by atoms with Crippen molar-refractivity contribution in [2.45, 2.75) is 51.1 Å². The minimum atomic E-state index is -5.14. The average molecular weight is 610 g/mol. The van der Waals surface area contributed by atoms with E-state index in [0.717, 1.165) is 17.6 Å². The number of ether oxygens (including phenoxy) is 1. The standard InChI is InChI=1S/C31H29F6NO5/c1-2-16(9-17-3-6-22(40)7-4-17)5-8-25-26-18(14-39)10-23-27(24(26)15-43-25)29(42)38(28(23)41)21-12-19(30(32,33)34)11-20(13-21)31(35,36)37/h3-4,6-7,9,11-13,23-25,27,39-40H,2,5,8,10,14-15H2,1H3/b16-9+/t23-,24+,25-,27-/m1/s1. The number of aliphatic hydroxyl groups excluding tert-OH is 1. The first-order chi connectivity index (χ1) is 20.2. The number of anilines is 1. The average Bonchev–Trinajstić information content (AvgIpc) is 3.48. The lowest BCUT2D eigenvalue weighted by atomic mass is 9.69. The Morgan fingerprint density at radius 3 is 2.16 bits per heavy atom. The number of alkyl halides is 6. The summed E-state index contributed by atoms with van der Waals surface area (Å²) in [6.45, 7) is 1.59. The summed E-state index contributed by atoms with van der Waals surface area (Å²) in [6, 6.07) is 7.41. The molecule has 2 aliphatic heterocycles. The molecule has 5 rings (SSSR count). The van der Waals surface area contributed by atoms with E-state index in [1.165, 1.54) is 0 Å². The van der Waals surface area contributed by atoms with Gasteiger partial charge in [0.05, 0.1) is 48.0 Å². The number of phenolic OH excluding ortho intramolecular Hbond substituents is 1. The molecule has 2 aromatic carbocycles. The molecule has 2 fully saturated rings. The number of halogens is 6. The number of fused-ring (bicyclic) bond motifs is 3. The van der Waals surface area contributed by atoms with E-state index in [2.05, 4.69) is 0 Å². The smallest absolute Gasteiger partial charge is 0.416 e. The number of carbonyl (C=O) groups excluding carboxylic acids is 2. The van der Waals surface area contributed by atoms with Gasteiger partial charge in [-0.15, -0.1) is 0 Å². The predicted molar refractivity (Wildman–Crippen MR) is 143 cm³/mol. The summed E-state index contributed by atoms with van der Waals surface area (Å²) >= 11 is 0. The Bertz CT molecular complexity index is 1440. The number of hydrogen-bond acceptors (Lipinski definition) is 5. The molecule has 12 heteroatoms. The van der Waals surface area contributed by atoms with Gasteiger partial charge in [-0.05, 0) is 72.7 Å². The van der Waals surface area contributed by atoms with Crippen molar-refractivity contribution in [3.63, 3.8) is 0 Å². The number of rotatable bonds is 7. The number of phenols is 1. The SMILES string of the molecule is CC/C(=C\c1ccc(O)cc1)CC[C@H]1OC[C@H]2C1=C(CO)C[C@H]1C(=O)N(c3cc(C(F)(F)F)cc(C(F)(F)F)c3)C(=O)[C@H]12. The Morgan fingerprint density at radius 2 is 1.60 bits per heavy atom. The molecule has 3 aliphatic rings. The van der Waals surface area contributed by atoms with Gasteiger partial charge in [-0.25, -0.2) is 4.90 Å². The Kier molecular flexibility index (Phi) is 8.21. The molecule has 2 amide bonds. The van der Waals surface area contributed by atoms with Crippen LogP contribution in [0.15, 0.2) is 59.2 Å². The first kappa shape index (κ1) is 30.8. The molecule has 2 aromatic rings. The van der Waals surface area contributed by atoms with E-state index in [1.807, 2.05) is 13.0 Å². The molecule has 2 N–H and O–H groups in total. The number of aromatic hydroxyl groups is 1. The van der Waals surface area contributed by atoms with Crippen molar-refractivity contribution in [1.29, 1.82) is 0 Å². The van der Waals surface area contributed by atoms with Gasteiger partial charge in [0.1, 0.15) is 5.75 Å². The monoisotopic (exact) mass is 609 g/mol. The lowest BCUT2D eigenvalue weighted by molar-refractivity contribution is -0.143. The number of benzene rings is 2. The van der Waals surface area contributed by atoms with Gasteiger partial charge >= 0.3 is 12.4 Å². The minimum absolute atomic E-state index is 0.0249. The summed E-state index contributed by atoms with van der Waals surface area (Å²) in [7, 11) is 0. The van der Waals surface area contributed by atoms with Crippen molar-refractivity contribution in [3.05, 3.63) is 75.9 Å². The molecule has 0 unspecified atom stereocenters. The second-order valence-corrected chi connectivity index (χ2v) is 11.0. The Labute approximate surface area is 243 Å². The van der Waals surface area contributed by atoms with Crippen LogP contribution in [0.2, 0.25) is 0 Å². The predicted octanol–water partition coefficient (Wildman–Crippen LogP) is 6.52. The molecule has 0 aromatic heterocycles. The molecule has 2 saturated heterocycles. The highest BCUT2D eigenvalue weighted by Gasteiger charge is 2.57. The van der Waals surface area contributed by atoms with Crippen LogP contribution in [0.1, 0.15) is 49.3 Å². The third-order valence-electron chi connectivity index (χ3n) is 8.48. The maximum atomic E-state index is 13.6. The highest BCUT2D eigenvalue weighted by Crippen LogP contribution is 2.51. The normalized spacial score (nSPS) is 24.6. The Hall–Kier alpha value is -3.64. The van der Waals surface area contributed by atoms with E-state index in [9.17, 15) is 46.1 Å². The maximum absolute atomic E-state index is 13.6. The summed E-state index contributed by atoms with van der Waals surface area (Å²) in [6.07, 6.45) is -7.00. The molecule has 2 heterocycles. The van der Waals surface area contributed by atoms with Crippen LogP contribution in [-0.4, -0.2) is 41.3 Å². The van der Waals surface area contributed by atoms with Crippen molar-refractivity contribution >= 4 is 23.6 Å². The zero-order chi connectivity index (χ0) is 31.3. The van der Waals surface area contributed by atoms with Crippen LogP contribution in [0.25, 0.3) is 6.08 Å². The van der Waals surface area contributed by atoms with Gasteiger partial charge in [0.25, 0.3) is 0 Å². The highest BCUT2D eigenvalue weighted by molar-refractivity contribution is 6.22. The number of aliphatic hydroxyl groups is 1. The van der Waals surface area contributed by atoms with Crippen molar-refractivity contribution < 1.29 is 50.9 Å². The molecule has 6 nitrogen and oxygen atoms in total. The van der Waals surface area contributed by atoms with E-state index in [4.69, 9.17) is 4.74 Å². The zero-order valence-electron chi connectivity index (χ0n) is 23.0. The molecule has 4 atom stereocenters. The lowest BCUT2D eigenvalue weighted by Crippen LogP contribution is -2.35. The highest BCUT2D eigenvalue weighted by atomic mass is 19.4.